The minimum absolute atomic E-state index is 0.0812. The summed E-state index contributed by atoms with van der Waals surface area (Å²) < 4.78 is 1.76. The molecular weight excluding hydrogens is 284 g/mol. The van der Waals surface area contributed by atoms with Crippen molar-refractivity contribution in [1.29, 1.82) is 0 Å². The number of hydrogen-bond donors (Lipinski definition) is 1. The molecule has 21 heavy (non-hydrogen) atoms. The number of thiazole rings is 1. The molecule has 1 N–H and O–H groups in total. The zero-order valence-electron chi connectivity index (χ0n) is 11.7. The van der Waals surface area contributed by atoms with E-state index in [0.29, 0.717) is 0 Å². The number of carbonyl (C=O) groups excluding carboxylic acids is 1. The Kier molecular flexibility index (Phi) is 3.53. The average Bonchev–Trinajstić information content (AvgIpc) is 3.06. The van der Waals surface area contributed by atoms with Crippen LogP contribution in [0.2, 0.25) is 0 Å². The van der Waals surface area contributed by atoms with Crippen LogP contribution in [-0.2, 0) is 11.8 Å². The largest absolute Gasteiger partial charge is 0.326 e. The van der Waals surface area contributed by atoms with E-state index < -0.39 is 0 Å². The number of aromatic nitrogens is 3. The van der Waals surface area contributed by atoms with Gasteiger partial charge >= 0.3 is 0 Å². The lowest BCUT2D eigenvalue weighted by Gasteiger charge is -2.03. The van der Waals surface area contributed by atoms with Gasteiger partial charge in [0, 0.05) is 42.4 Å². The third-order valence-corrected chi connectivity index (χ3v) is 3.83. The number of aryl methyl sites for hydroxylation is 1. The number of carbonyl (C=O) groups is 1. The van der Waals surface area contributed by atoms with Crippen LogP contribution >= 0.6 is 11.3 Å². The highest BCUT2D eigenvalue weighted by molar-refractivity contribution is 7.13. The van der Waals surface area contributed by atoms with Gasteiger partial charge in [0.05, 0.1) is 11.9 Å². The SMILES string of the molecule is CC(=O)Nc1cccc(-c2nc(-c3cnn(C)c3)cs2)c1. The molecule has 6 heteroatoms. The smallest absolute Gasteiger partial charge is 0.221 e. The minimum Gasteiger partial charge on any atom is -0.326 e. The minimum atomic E-state index is -0.0812. The highest BCUT2D eigenvalue weighted by atomic mass is 32.1. The third kappa shape index (κ3) is 3.00. The number of benzene rings is 1. The predicted molar refractivity (Wildman–Crippen MR) is 84.1 cm³/mol. The lowest BCUT2D eigenvalue weighted by molar-refractivity contribution is -0.114. The molecule has 2 aromatic heterocycles. The lowest BCUT2D eigenvalue weighted by atomic mass is 10.2. The molecule has 0 atom stereocenters. The van der Waals surface area contributed by atoms with Crippen molar-refractivity contribution >= 4 is 22.9 Å². The number of nitrogens with one attached hydrogen (secondary N) is 1. The van der Waals surface area contributed by atoms with E-state index >= 15 is 0 Å². The van der Waals surface area contributed by atoms with Gasteiger partial charge in [-0.25, -0.2) is 4.98 Å². The molecule has 0 radical (unpaired) electrons. The fourth-order valence-electron chi connectivity index (χ4n) is 2.03. The van der Waals surface area contributed by atoms with Gasteiger partial charge in [-0.15, -0.1) is 11.3 Å². The van der Waals surface area contributed by atoms with Crippen LogP contribution in [-0.4, -0.2) is 20.7 Å². The monoisotopic (exact) mass is 298 g/mol. The molecule has 5 nitrogen and oxygen atoms in total. The van der Waals surface area contributed by atoms with Crippen molar-refractivity contribution in [3.05, 3.63) is 42.0 Å². The zero-order chi connectivity index (χ0) is 14.8. The maximum Gasteiger partial charge on any atom is 0.221 e. The number of anilines is 1. The van der Waals surface area contributed by atoms with E-state index in [1.807, 2.05) is 42.9 Å². The van der Waals surface area contributed by atoms with E-state index in [1.54, 1.807) is 22.2 Å². The van der Waals surface area contributed by atoms with Crippen LogP contribution in [0.3, 0.4) is 0 Å². The molecule has 106 valence electrons. The van der Waals surface area contributed by atoms with Crippen molar-refractivity contribution in [2.24, 2.45) is 7.05 Å². The Labute approximate surface area is 126 Å². The predicted octanol–water partition coefficient (Wildman–Crippen LogP) is 3.17. The second kappa shape index (κ2) is 5.49. The fourth-order valence-corrected chi connectivity index (χ4v) is 2.85. The highest BCUT2D eigenvalue weighted by Crippen LogP contribution is 2.29. The molecule has 0 unspecified atom stereocenters. The van der Waals surface area contributed by atoms with Gasteiger partial charge in [0.25, 0.3) is 0 Å². The number of amides is 1. The van der Waals surface area contributed by atoms with Crippen LogP contribution in [0.5, 0.6) is 0 Å². The second-order valence-corrected chi connectivity index (χ2v) is 5.56. The van der Waals surface area contributed by atoms with Gasteiger partial charge in [0.1, 0.15) is 5.01 Å². The normalized spacial score (nSPS) is 10.6. The molecule has 0 aliphatic heterocycles. The third-order valence-electron chi connectivity index (χ3n) is 2.93. The van der Waals surface area contributed by atoms with E-state index in [-0.39, 0.29) is 5.91 Å². The van der Waals surface area contributed by atoms with Crippen LogP contribution in [0.4, 0.5) is 5.69 Å². The Morgan fingerprint density at radius 1 is 1.33 bits per heavy atom. The molecule has 0 fully saturated rings. The Morgan fingerprint density at radius 2 is 2.19 bits per heavy atom. The van der Waals surface area contributed by atoms with Crippen molar-refractivity contribution in [2.45, 2.75) is 6.92 Å². The molecule has 0 bridgehead atoms. The van der Waals surface area contributed by atoms with E-state index in [0.717, 1.165) is 27.5 Å². The topological polar surface area (TPSA) is 59.8 Å². The van der Waals surface area contributed by atoms with Gasteiger partial charge in [-0.3, -0.25) is 9.48 Å². The summed E-state index contributed by atoms with van der Waals surface area (Å²) in [6.07, 6.45) is 3.74. The Bertz CT molecular complexity index is 790. The van der Waals surface area contributed by atoms with Crippen LogP contribution < -0.4 is 5.32 Å². The van der Waals surface area contributed by atoms with Crippen LogP contribution in [0, 0.1) is 0 Å². The molecule has 0 spiro atoms. The van der Waals surface area contributed by atoms with Crippen LogP contribution in [0.15, 0.2) is 42.0 Å². The van der Waals surface area contributed by atoms with E-state index in [1.165, 1.54) is 6.92 Å². The van der Waals surface area contributed by atoms with E-state index in [4.69, 9.17) is 0 Å². The molecule has 0 saturated carbocycles. The zero-order valence-corrected chi connectivity index (χ0v) is 12.5. The molecule has 3 rings (SSSR count). The summed E-state index contributed by atoms with van der Waals surface area (Å²) in [4.78, 5) is 15.8. The first-order chi connectivity index (χ1) is 10.1. The summed E-state index contributed by atoms with van der Waals surface area (Å²) in [7, 11) is 1.88. The van der Waals surface area contributed by atoms with Crippen molar-refractivity contribution in [3.63, 3.8) is 0 Å². The van der Waals surface area contributed by atoms with E-state index in [9.17, 15) is 4.79 Å². The second-order valence-electron chi connectivity index (χ2n) is 4.70. The summed E-state index contributed by atoms with van der Waals surface area (Å²) in [5.41, 5.74) is 3.67. The van der Waals surface area contributed by atoms with Gasteiger partial charge in [0.15, 0.2) is 0 Å². The summed E-state index contributed by atoms with van der Waals surface area (Å²) in [5.74, 6) is -0.0812. The maximum atomic E-state index is 11.1. The molecular formula is C15H14N4OS. The van der Waals surface area contributed by atoms with Gasteiger partial charge in [-0.2, -0.15) is 5.10 Å². The van der Waals surface area contributed by atoms with E-state index in [2.05, 4.69) is 15.4 Å². The van der Waals surface area contributed by atoms with Crippen LogP contribution in [0.1, 0.15) is 6.92 Å². The Morgan fingerprint density at radius 3 is 2.90 bits per heavy atom. The fraction of sp³-hybridized carbons (Fsp3) is 0.133. The molecule has 0 aliphatic rings. The van der Waals surface area contributed by atoms with Gasteiger partial charge < -0.3 is 5.32 Å². The number of hydrogen-bond acceptors (Lipinski definition) is 4. The van der Waals surface area contributed by atoms with Crippen LogP contribution in [0.25, 0.3) is 21.8 Å². The van der Waals surface area contributed by atoms with Gasteiger partial charge in [0.2, 0.25) is 5.91 Å². The van der Waals surface area contributed by atoms with Gasteiger partial charge in [-0.05, 0) is 12.1 Å². The lowest BCUT2D eigenvalue weighted by Crippen LogP contribution is -2.05. The standard InChI is InChI=1S/C15H14N4OS/c1-10(20)17-13-5-3-4-11(6-13)15-18-14(9-21-15)12-7-16-19(2)8-12/h3-9H,1-2H3,(H,17,20). The molecule has 0 saturated heterocycles. The first-order valence-corrected chi connectivity index (χ1v) is 7.32. The quantitative estimate of drug-likeness (QED) is 0.808. The number of nitrogens with zero attached hydrogens (tertiary/aromatic N) is 3. The van der Waals surface area contributed by atoms with Crippen molar-refractivity contribution < 1.29 is 4.79 Å². The molecule has 1 amide bonds. The summed E-state index contributed by atoms with van der Waals surface area (Å²) >= 11 is 1.57. The van der Waals surface area contributed by atoms with Gasteiger partial charge in [-0.1, -0.05) is 12.1 Å². The first-order valence-electron chi connectivity index (χ1n) is 6.44. The van der Waals surface area contributed by atoms with Crippen molar-refractivity contribution in [2.75, 3.05) is 5.32 Å². The Balaban J connectivity index is 1.91. The summed E-state index contributed by atoms with van der Waals surface area (Å²) in [6.45, 7) is 1.50. The maximum absolute atomic E-state index is 11.1. The molecule has 1 aromatic carbocycles. The summed E-state index contributed by atoms with van der Waals surface area (Å²) in [6, 6.07) is 7.68. The highest BCUT2D eigenvalue weighted by Gasteiger charge is 2.08. The molecule has 2 heterocycles. The molecule has 0 aliphatic carbocycles. The Hall–Kier alpha value is -2.47. The molecule has 3 aromatic rings. The first kappa shape index (κ1) is 13.5. The average molecular weight is 298 g/mol. The van der Waals surface area contributed by atoms with Crippen molar-refractivity contribution in [1.82, 2.24) is 14.8 Å². The number of rotatable bonds is 3. The summed E-state index contributed by atoms with van der Waals surface area (Å²) in [5, 5.41) is 9.87. The van der Waals surface area contributed by atoms with Crippen molar-refractivity contribution in [3.8, 4) is 21.8 Å².